The van der Waals surface area contributed by atoms with Gasteiger partial charge in [0.05, 0.1) is 25.1 Å². The van der Waals surface area contributed by atoms with E-state index in [1.807, 2.05) is 30.5 Å². The molecule has 0 radical (unpaired) electrons. The maximum absolute atomic E-state index is 12.6. The summed E-state index contributed by atoms with van der Waals surface area (Å²) in [5.41, 5.74) is 2.06. The molecule has 2 aliphatic rings. The molecule has 1 amide bonds. The van der Waals surface area contributed by atoms with Gasteiger partial charge >= 0.3 is 0 Å². The van der Waals surface area contributed by atoms with Gasteiger partial charge in [0, 0.05) is 43.7 Å². The highest BCUT2D eigenvalue weighted by Gasteiger charge is 2.27. The Balaban J connectivity index is 1.33. The largest absolute Gasteiger partial charge is 0.378 e. The summed E-state index contributed by atoms with van der Waals surface area (Å²) in [6.07, 6.45) is 5.12. The zero-order valence-electron chi connectivity index (χ0n) is 16.4. The standard InChI is InChI=1S/C21H26ClN5O2/c22-18-3-1-2-16(12-18)13-24-21(28)17-4-6-26(7-5-17)19-14-23-15-25-20(19)27-8-10-29-11-9-27/h1-3,12,14-15,17H,4-11,13H2,(H,24,28). The van der Waals surface area contributed by atoms with Crippen LogP contribution in [-0.4, -0.2) is 55.3 Å². The molecule has 29 heavy (non-hydrogen) atoms. The van der Waals surface area contributed by atoms with E-state index in [2.05, 4.69) is 25.1 Å². The van der Waals surface area contributed by atoms with E-state index in [-0.39, 0.29) is 11.8 Å². The summed E-state index contributed by atoms with van der Waals surface area (Å²) in [4.78, 5) is 25.9. The number of anilines is 2. The summed E-state index contributed by atoms with van der Waals surface area (Å²) in [5.74, 6) is 1.11. The molecule has 0 bridgehead atoms. The first-order chi connectivity index (χ1) is 14.2. The van der Waals surface area contributed by atoms with Crippen LogP contribution in [0.5, 0.6) is 0 Å². The van der Waals surface area contributed by atoms with Crippen LogP contribution in [0.1, 0.15) is 18.4 Å². The van der Waals surface area contributed by atoms with E-state index in [1.54, 1.807) is 6.33 Å². The van der Waals surface area contributed by atoms with Crippen LogP contribution in [-0.2, 0) is 16.1 Å². The second-order valence-corrected chi connectivity index (χ2v) is 7.88. The molecule has 0 unspecified atom stereocenters. The number of carbonyl (C=O) groups is 1. The van der Waals surface area contributed by atoms with E-state index >= 15 is 0 Å². The van der Waals surface area contributed by atoms with E-state index in [1.165, 1.54) is 0 Å². The fraction of sp³-hybridized carbons (Fsp3) is 0.476. The average Bonchev–Trinajstić information content (AvgIpc) is 2.78. The number of piperidine rings is 1. The predicted molar refractivity (Wildman–Crippen MR) is 113 cm³/mol. The Morgan fingerprint density at radius 2 is 1.97 bits per heavy atom. The van der Waals surface area contributed by atoms with Crippen LogP contribution in [0, 0.1) is 5.92 Å². The molecule has 7 nitrogen and oxygen atoms in total. The number of hydrogen-bond acceptors (Lipinski definition) is 6. The Morgan fingerprint density at radius 3 is 2.72 bits per heavy atom. The summed E-state index contributed by atoms with van der Waals surface area (Å²) < 4.78 is 5.46. The van der Waals surface area contributed by atoms with Crippen molar-refractivity contribution in [1.29, 1.82) is 0 Å². The second-order valence-electron chi connectivity index (χ2n) is 7.44. The number of nitrogens with zero attached hydrogens (tertiary/aromatic N) is 4. The summed E-state index contributed by atoms with van der Waals surface area (Å²) in [5, 5.41) is 3.74. The van der Waals surface area contributed by atoms with Crippen LogP contribution in [0.25, 0.3) is 0 Å². The van der Waals surface area contributed by atoms with Gasteiger partial charge in [-0.25, -0.2) is 9.97 Å². The van der Waals surface area contributed by atoms with E-state index in [0.29, 0.717) is 11.6 Å². The van der Waals surface area contributed by atoms with Crippen molar-refractivity contribution in [3.8, 4) is 0 Å². The third-order valence-electron chi connectivity index (χ3n) is 5.55. The van der Waals surface area contributed by atoms with Gasteiger partial charge in [-0.15, -0.1) is 0 Å². The van der Waals surface area contributed by atoms with Crippen LogP contribution in [0.2, 0.25) is 5.02 Å². The number of carbonyl (C=O) groups excluding carboxylic acids is 1. The lowest BCUT2D eigenvalue weighted by molar-refractivity contribution is -0.125. The molecule has 0 spiro atoms. The number of amides is 1. The van der Waals surface area contributed by atoms with Gasteiger partial charge in [-0.05, 0) is 30.5 Å². The average molecular weight is 416 g/mol. The molecule has 154 valence electrons. The van der Waals surface area contributed by atoms with E-state index < -0.39 is 0 Å². The zero-order valence-corrected chi connectivity index (χ0v) is 17.1. The van der Waals surface area contributed by atoms with E-state index in [4.69, 9.17) is 16.3 Å². The third kappa shape index (κ3) is 4.97. The number of morpholine rings is 1. The molecule has 0 atom stereocenters. The molecule has 2 fully saturated rings. The van der Waals surface area contributed by atoms with E-state index in [9.17, 15) is 4.79 Å². The second kappa shape index (κ2) is 9.41. The molecule has 0 aliphatic carbocycles. The molecular formula is C21H26ClN5O2. The van der Waals surface area contributed by atoms with Crippen molar-refractivity contribution in [3.05, 3.63) is 47.4 Å². The van der Waals surface area contributed by atoms with Gasteiger partial charge in [0.2, 0.25) is 5.91 Å². The minimum Gasteiger partial charge on any atom is -0.378 e. The van der Waals surface area contributed by atoms with E-state index in [0.717, 1.165) is 69.3 Å². The summed E-state index contributed by atoms with van der Waals surface area (Å²) in [7, 11) is 0. The fourth-order valence-electron chi connectivity index (χ4n) is 3.92. The normalized spacial score (nSPS) is 18.0. The van der Waals surface area contributed by atoms with Gasteiger partial charge in [-0.2, -0.15) is 0 Å². The maximum atomic E-state index is 12.6. The topological polar surface area (TPSA) is 70.6 Å². The summed E-state index contributed by atoms with van der Waals surface area (Å²) in [6.45, 7) is 5.27. The zero-order chi connectivity index (χ0) is 20.1. The number of benzene rings is 1. The molecule has 3 heterocycles. The highest BCUT2D eigenvalue weighted by Crippen LogP contribution is 2.30. The Hall–Kier alpha value is -2.38. The smallest absolute Gasteiger partial charge is 0.223 e. The van der Waals surface area contributed by atoms with Crippen molar-refractivity contribution < 1.29 is 9.53 Å². The number of rotatable bonds is 5. The lowest BCUT2D eigenvalue weighted by atomic mass is 9.95. The van der Waals surface area contributed by atoms with Crippen molar-refractivity contribution >= 4 is 29.0 Å². The van der Waals surface area contributed by atoms with Gasteiger partial charge < -0.3 is 19.9 Å². The SMILES string of the molecule is O=C(NCc1cccc(Cl)c1)C1CCN(c2cncnc2N2CCOCC2)CC1. The van der Waals surface area contributed by atoms with Crippen LogP contribution in [0.4, 0.5) is 11.5 Å². The molecule has 4 rings (SSSR count). The molecule has 1 aromatic heterocycles. The van der Waals surface area contributed by atoms with Crippen molar-refractivity contribution in [1.82, 2.24) is 15.3 Å². The summed E-state index contributed by atoms with van der Waals surface area (Å²) >= 11 is 6.01. The molecular weight excluding hydrogens is 390 g/mol. The highest BCUT2D eigenvalue weighted by atomic mass is 35.5. The van der Waals surface area contributed by atoms with Crippen LogP contribution in [0.15, 0.2) is 36.8 Å². The number of nitrogens with one attached hydrogen (secondary N) is 1. The fourth-order valence-corrected chi connectivity index (χ4v) is 4.13. The Kier molecular flexibility index (Phi) is 6.46. The number of halogens is 1. The minimum absolute atomic E-state index is 0.0295. The van der Waals surface area contributed by atoms with Gasteiger partial charge in [0.15, 0.2) is 5.82 Å². The third-order valence-corrected chi connectivity index (χ3v) is 5.78. The Labute approximate surface area is 176 Å². The lowest BCUT2D eigenvalue weighted by Crippen LogP contribution is -2.42. The first kappa shape index (κ1) is 19.9. The van der Waals surface area contributed by atoms with Gasteiger partial charge in [-0.1, -0.05) is 23.7 Å². The Morgan fingerprint density at radius 1 is 1.17 bits per heavy atom. The highest BCUT2D eigenvalue weighted by molar-refractivity contribution is 6.30. The van der Waals surface area contributed by atoms with Gasteiger partial charge in [-0.3, -0.25) is 4.79 Å². The minimum atomic E-state index is 0.0295. The number of hydrogen-bond donors (Lipinski definition) is 1. The summed E-state index contributed by atoms with van der Waals surface area (Å²) in [6, 6.07) is 7.59. The predicted octanol–water partition coefficient (Wildman–Crippen LogP) is 2.50. The monoisotopic (exact) mass is 415 g/mol. The quantitative estimate of drug-likeness (QED) is 0.809. The van der Waals surface area contributed by atoms with Crippen LogP contribution < -0.4 is 15.1 Å². The molecule has 2 aromatic rings. The van der Waals surface area contributed by atoms with Crippen molar-refractivity contribution in [2.24, 2.45) is 5.92 Å². The van der Waals surface area contributed by atoms with Crippen LogP contribution in [0.3, 0.4) is 0 Å². The van der Waals surface area contributed by atoms with Gasteiger partial charge in [0.1, 0.15) is 6.33 Å². The van der Waals surface area contributed by atoms with Crippen LogP contribution >= 0.6 is 11.6 Å². The molecule has 8 heteroatoms. The Bertz CT molecular complexity index is 835. The molecule has 0 saturated carbocycles. The number of aromatic nitrogens is 2. The van der Waals surface area contributed by atoms with Gasteiger partial charge in [0.25, 0.3) is 0 Å². The first-order valence-corrected chi connectivity index (χ1v) is 10.5. The lowest BCUT2D eigenvalue weighted by Gasteiger charge is -2.36. The number of ether oxygens (including phenoxy) is 1. The molecule has 2 aliphatic heterocycles. The molecule has 2 saturated heterocycles. The van der Waals surface area contributed by atoms with Crippen molar-refractivity contribution in [2.45, 2.75) is 19.4 Å². The van der Waals surface area contributed by atoms with Crippen molar-refractivity contribution in [3.63, 3.8) is 0 Å². The molecule has 1 N–H and O–H groups in total. The first-order valence-electron chi connectivity index (χ1n) is 10.1. The molecule has 1 aromatic carbocycles. The maximum Gasteiger partial charge on any atom is 0.223 e. The van der Waals surface area contributed by atoms with Crippen molar-refractivity contribution in [2.75, 3.05) is 49.2 Å².